The van der Waals surface area contributed by atoms with E-state index in [2.05, 4.69) is 12.2 Å². The van der Waals surface area contributed by atoms with E-state index in [9.17, 15) is 19.5 Å². The van der Waals surface area contributed by atoms with E-state index in [-0.39, 0.29) is 35.7 Å². The molecule has 2 heterocycles. The molecule has 6 nitrogen and oxygen atoms in total. The molecule has 0 bridgehead atoms. The first-order valence-corrected chi connectivity index (χ1v) is 9.63. The second-order valence-electron chi connectivity index (χ2n) is 8.29. The first-order chi connectivity index (χ1) is 12.3. The molecule has 1 saturated heterocycles. The summed E-state index contributed by atoms with van der Waals surface area (Å²) in [6, 6.07) is 0. The van der Waals surface area contributed by atoms with E-state index in [0.29, 0.717) is 12.3 Å². The predicted octanol–water partition coefficient (Wildman–Crippen LogP) is 1.15. The summed E-state index contributed by atoms with van der Waals surface area (Å²) in [5.41, 5.74) is 3.69. The molecule has 1 saturated carbocycles. The smallest absolute Gasteiger partial charge is 0.259 e. The summed E-state index contributed by atoms with van der Waals surface area (Å²) in [5, 5.41) is 10.9. The fourth-order valence-corrected chi connectivity index (χ4v) is 5.54. The van der Waals surface area contributed by atoms with Crippen LogP contribution in [-0.4, -0.2) is 39.9 Å². The largest absolute Gasteiger partial charge is 0.369 e. The molecule has 0 spiro atoms. The summed E-state index contributed by atoms with van der Waals surface area (Å²) in [6.07, 6.45) is 10.3. The molecular weight excluding hydrogens is 332 g/mol. The van der Waals surface area contributed by atoms with Crippen molar-refractivity contribution in [2.75, 3.05) is 6.54 Å². The highest BCUT2D eigenvalue weighted by molar-refractivity contribution is 6.22. The number of hydrogen-bond donors (Lipinski definition) is 2. The summed E-state index contributed by atoms with van der Waals surface area (Å²) in [4.78, 5) is 39.1. The van der Waals surface area contributed by atoms with Gasteiger partial charge >= 0.3 is 0 Å². The van der Waals surface area contributed by atoms with Crippen molar-refractivity contribution >= 4 is 17.6 Å². The number of Topliss-reactive ketones (excluding diaryl/α,β-unsaturated/α-hetero) is 1. The second-order valence-corrected chi connectivity index (χ2v) is 8.29. The van der Waals surface area contributed by atoms with E-state index in [4.69, 9.17) is 5.73 Å². The Morgan fingerprint density at radius 2 is 1.96 bits per heavy atom. The molecule has 3 N–H and O–H groups in total. The number of allylic oxidation sites excluding steroid dienone is 2. The van der Waals surface area contributed by atoms with Crippen LogP contribution in [0.2, 0.25) is 0 Å². The van der Waals surface area contributed by atoms with Gasteiger partial charge in [-0.3, -0.25) is 14.4 Å². The van der Waals surface area contributed by atoms with E-state index in [0.717, 1.165) is 19.3 Å². The molecule has 2 amide bonds. The van der Waals surface area contributed by atoms with Gasteiger partial charge < -0.3 is 15.7 Å². The number of fused-ring (bicyclic) bond motifs is 2. The quantitative estimate of drug-likeness (QED) is 0.584. The fraction of sp³-hybridized carbons (Fsp3) is 0.650. The maximum Gasteiger partial charge on any atom is 0.259 e. The Morgan fingerprint density at radius 3 is 2.69 bits per heavy atom. The van der Waals surface area contributed by atoms with Gasteiger partial charge in [0.2, 0.25) is 5.91 Å². The molecule has 6 atom stereocenters. The average Bonchev–Trinajstić information content (AvgIpc) is 3.07. The Bertz CT molecular complexity index is 727. The molecule has 26 heavy (non-hydrogen) atoms. The van der Waals surface area contributed by atoms with Crippen LogP contribution < -0.4 is 5.73 Å². The highest BCUT2D eigenvalue weighted by atomic mass is 16.3. The lowest BCUT2D eigenvalue weighted by molar-refractivity contribution is -0.145. The van der Waals surface area contributed by atoms with Gasteiger partial charge in [-0.1, -0.05) is 31.9 Å². The molecule has 4 rings (SSSR count). The number of primary amides is 1. The zero-order valence-electron chi connectivity index (χ0n) is 15.1. The van der Waals surface area contributed by atoms with Crippen molar-refractivity contribution in [1.29, 1.82) is 0 Å². The number of ketones is 1. The molecule has 2 aliphatic carbocycles. The Hall–Kier alpha value is -1.95. The minimum atomic E-state index is -1.74. The van der Waals surface area contributed by atoms with E-state index >= 15 is 0 Å². The Balaban J connectivity index is 1.67. The highest BCUT2D eigenvalue weighted by Crippen LogP contribution is 2.46. The van der Waals surface area contributed by atoms with Crippen molar-refractivity contribution in [1.82, 2.24) is 4.90 Å². The molecule has 0 aromatic rings. The van der Waals surface area contributed by atoms with Crippen LogP contribution in [-0.2, 0) is 14.4 Å². The van der Waals surface area contributed by atoms with Gasteiger partial charge in [0, 0.05) is 12.5 Å². The minimum absolute atomic E-state index is 0.0370. The lowest BCUT2D eigenvalue weighted by atomic mass is 9.63. The van der Waals surface area contributed by atoms with Crippen molar-refractivity contribution in [2.24, 2.45) is 35.3 Å². The third kappa shape index (κ3) is 2.38. The molecule has 0 aromatic heterocycles. The number of carbonyl (C=O) groups excluding carboxylic acids is 3. The molecule has 4 aliphatic rings. The summed E-state index contributed by atoms with van der Waals surface area (Å²) in [5.74, 6) is -1.68. The van der Waals surface area contributed by atoms with Crippen molar-refractivity contribution in [2.45, 2.75) is 44.8 Å². The summed E-state index contributed by atoms with van der Waals surface area (Å²) in [6.45, 7) is 2.26. The molecular formula is C20H26N2O4. The third-order valence-corrected chi connectivity index (χ3v) is 6.90. The number of nitrogens with zero attached hydrogens (tertiary/aromatic N) is 1. The highest BCUT2D eigenvalue weighted by Gasteiger charge is 2.57. The normalized spacial score (nSPS) is 41.6. The van der Waals surface area contributed by atoms with Crippen LogP contribution in [0.1, 0.15) is 39.0 Å². The monoisotopic (exact) mass is 358 g/mol. The standard InChI is InChI=1S/C20H26N2O4/c1-11-6-7-12-4-2-3-5-13(12)16(11)17(23)14-10-20(26)15(18(21)24)8-9-22(20)19(14)25/h6-7,10-13,15-16,26H,2-5,8-9H2,1H3,(H2,21,24)/t11-,12+,13-,15-,16?,20?/m0/s1. The van der Waals surface area contributed by atoms with Crippen LogP contribution in [0.25, 0.3) is 0 Å². The third-order valence-electron chi connectivity index (χ3n) is 6.90. The van der Waals surface area contributed by atoms with E-state index < -0.39 is 23.5 Å². The van der Waals surface area contributed by atoms with Crippen LogP contribution in [0.15, 0.2) is 23.8 Å². The topological polar surface area (TPSA) is 101 Å². The summed E-state index contributed by atoms with van der Waals surface area (Å²) < 4.78 is 0. The Morgan fingerprint density at radius 1 is 1.23 bits per heavy atom. The van der Waals surface area contributed by atoms with Crippen LogP contribution >= 0.6 is 0 Å². The number of aliphatic hydroxyl groups is 1. The van der Waals surface area contributed by atoms with Crippen LogP contribution in [0.3, 0.4) is 0 Å². The van der Waals surface area contributed by atoms with Gasteiger partial charge in [0.1, 0.15) is 0 Å². The van der Waals surface area contributed by atoms with Crippen molar-refractivity contribution in [3.63, 3.8) is 0 Å². The van der Waals surface area contributed by atoms with E-state index in [1.54, 1.807) is 0 Å². The number of amides is 2. The van der Waals surface area contributed by atoms with Gasteiger partial charge in [-0.25, -0.2) is 0 Å². The first-order valence-electron chi connectivity index (χ1n) is 9.63. The fourth-order valence-electron chi connectivity index (χ4n) is 5.54. The minimum Gasteiger partial charge on any atom is -0.369 e. The van der Waals surface area contributed by atoms with Gasteiger partial charge in [0.15, 0.2) is 11.5 Å². The molecule has 140 valence electrons. The number of nitrogens with two attached hydrogens (primary N) is 1. The number of carbonyl (C=O) groups is 3. The van der Waals surface area contributed by atoms with Gasteiger partial charge in [-0.05, 0) is 43.1 Å². The van der Waals surface area contributed by atoms with Crippen LogP contribution in [0.4, 0.5) is 0 Å². The molecule has 2 unspecified atom stereocenters. The van der Waals surface area contributed by atoms with Gasteiger partial charge in [0.25, 0.3) is 5.91 Å². The van der Waals surface area contributed by atoms with Crippen molar-refractivity contribution < 1.29 is 19.5 Å². The van der Waals surface area contributed by atoms with Gasteiger partial charge in [-0.15, -0.1) is 0 Å². The molecule has 2 fully saturated rings. The summed E-state index contributed by atoms with van der Waals surface area (Å²) in [7, 11) is 0. The van der Waals surface area contributed by atoms with Crippen molar-refractivity contribution in [3.8, 4) is 0 Å². The lowest BCUT2D eigenvalue weighted by Crippen LogP contribution is -2.48. The lowest BCUT2D eigenvalue weighted by Gasteiger charge is -2.40. The second kappa shape index (κ2) is 6.05. The summed E-state index contributed by atoms with van der Waals surface area (Å²) >= 11 is 0. The molecule has 0 aromatic carbocycles. The average molecular weight is 358 g/mol. The van der Waals surface area contributed by atoms with Crippen LogP contribution in [0, 0.1) is 29.6 Å². The maximum atomic E-state index is 13.3. The van der Waals surface area contributed by atoms with Crippen LogP contribution in [0.5, 0.6) is 0 Å². The van der Waals surface area contributed by atoms with Crippen molar-refractivity contribution in [3.05, 3.63) is 23.8 Å². The molecule has 0 radical (unpaired) electrons. The predicted molar refractivity (Wildman–Crippen MR) is 94.3 cm³/mol. The van der Waals surface area contributed by atoms with E-state index in [1.165, 1.54) is 17.4 Å². The maximum absolute atomic E-state index is 13.3. The zero-order chi connectivity index (χ0) is 18.6. The molecule has 6 heteroatoms. The Kier molecular flexibility index (Phi) is 4.06. The SMILES string of the molecule is C[C@H]1C=C[C@H]2CCCC[C@@H]2C1C(=O)C1=CC2(O)[C@H](C(N)=O)CCN2C1=O. The van der Waals surface area contributed by atoms with E-state index in [1.807, 2.05) is 6.92 Å². The Labute approximate surface area is 153 Å². The first kappa shape index (κ1) is 17.5. The van der Waals surface area contributed by atoms with Gasteiger partial charge in [-0.2, -0.15) is 0 Å². The zero-order valence-corrected chi connectivity index (χ0v) is 15.1. The van der Waals surface area contributed by atoms with Gasteiger partial charge in [0.05, 0.1) is 11.5 Å². The number of hydrogen-bond acceptors (Lipinski definition) is 4. The number of rotatable bonds is 3. The molecule has 2 aliphatic heterocycles.